The van der Waals surface area contributed by atoms with E-state index in [0.29, 0.717) is 16.0 Å². The number of anilines is 1. The van der Waals surface area contributed by atoms with E-state index in [0.717, 1.165) is 0 Å². The van der Waals surface area contributed by atoms with E-state index >= 15 is 0 Å². The maximum absolute atomic E-state index is 13.4. The molecule has 0 bridgehead atoms. The van der Waals surface area contributed by atoms with Crippen LogP contribution in [0.4, 0.5) is 10.1 Å². The summed E-state index contributed by atoms with van der Waals surface area (Å²) in [4.78, 5) is 11.7. The van der Waals surface area contributed by atoms with Crippen LogP contribution in [0.5, 0.6) is 11.5 Å². The van der Waals surface area contributed by atoms with E-state index in [2.05, 4.69) is 21.2 Å². The van der Waals surface area contributed by atoms with E-state index in [-0.39, 0.29) is 12.3 Å². The van der Waals surface area contributed by atoms with Gasteiger partial charge in [0.05, 0.1) is 17.3 Å². The summed E-state index contributed by atoms with van der Waals surface area (Å²) in [5, 5.41) is 2.44. The second-order valence-electron chi connectivity index (χ2n) is 4.11. The van der Waals surface area contributed by atoms with Crippen molar-refractivity contribution < 1.29 is 18.7 Å². The maximum atomic E-state index is 13.4. The molecule has 2 aromatic carbocycles. The fraction of sp³-hybridized carbons (Fsp3) is 0.133. The van der Waals surface area contributed by atoms with Crippen LogP contribution in [0.1, 0.15) is 0 Å². The molecule has 2 rings (SSSR count). The highest BCUT2D eigenvalue weighted by atomic mass is 79.9. The number of carbonyl (C=O) groups is 1. The van der Waals surface area contributed by atoms with Crippen molar-refractivity contribution in [3.63, 3.8) is 0 Å². The highest BCUT2D eigenvalue weighted by Gasteiger charge is 2.09. The summed E-state index contributed by atoms with van der Waals surface area (Å²) in [5.74, 6) is 0.240. The largest absolute Gasteiger partial charge is 0.497 e. The Morgan fingerprint density at radius 3 is 2.71 bits per heavy atom. The number of halogens is 2. The van der Waals surface area contributed by atoms with Crippen molar-refractivity contribution in [1.82, 2.24) is 0 Å². The van der Waals surface area contributed by atoms with Crippen LogP contribution in [0, 0.1) is 5.82 Å². The summed E-state index contributed by atoms with van der Waals surface area (Å²) in [6.07, 6.45) is 0. The quantitative estimate of drug-likeness (QED) is 0.892. The third-order valence-electron chi connectivity index (χ3n) is 2.65. The topological polar surface area (TPSA) is 47.6 Å². The van der Waals surface area contributed by atoms with Gasteiger partial charge in [-0.3, -0.25) is 4.79 Å². The van der Waals surface area contributed by atoms with Gasteiger partial charge in [-0.25, -0.2) is 4.39 Å². The van der Waals surface area contributed by atoms with Gasteiger partial charge >= 0.3 is 0 Å². The number of methoxy groups -OCH3 is 1. The first kappa shape index (κ1) is 15.3. The summed E-state index contributed by atoms with van der Waals surface area (Å²) >= 11 is 3.32. The Bertz CT molecular complexity index is 649. The Morgan fingerprint density at radius 2 is 2.05 bits per heavy atom. The van der Waals surface area contributed by atoms with Crippen LogP contribution in [0.15, 0.2) is 46.9 Å². The molecule has 0 spiro atoms. The van der Waals surface area contributed by atoms with E-state index < -0.39 is 11.7 Å². The van der Waals surface area contributed by atoms with Gasteiger partial charge in [-0.1, -0.05) is 12.1 Å². The van der Waals surface area contributed by atoms with E-state index in [4.69, 9.17) is 9.47 Å². The van der Waals surface area contributed by atoms with Crippen LogP contribution >= 0.6 is 15.9 Å². The highest BCUT2D eigenvalue weighted by Crippen LogP contribution is 2.29. The summed E-state index contributed by atoms with van der Waals surface area (Å²) in [5.41, 5.74) is 0.125. The molecule has 0 aliphatic carbocycles. The number of hydrogen-bond donors (Lipinski definition) is 1. The number of carbonyl (C=O) groups excluding carboxylic acids is 1. The lowest BCUT2D eigenvalue weighted by Crippen LogP contribution is -2.20. The van der Waals surface area contributed by atoms with Crippen molar-refractivity contribution in [2.45, 2.75) is 0 Å². The molecule has 21 heavy (non-hydrogen) atoms. The minimum Gasteiger partial charge on any atom is -0.497 e. The normalized spacial score (nSPS) is 10.0. The fourth-order valence-electron chi connectivity index (χ4n) is 1.62. The van der Waals surface area contributed by atoms with Gasteiger partial charge < -0.3 is 14.8 Å². The molecule has 0 saturated carbocycles. The van der Waals surface area contributed by atoms with Crippen LogP contribution < -0.4 is 14.8 Å². The molecule has 0 heterocycles. The number of nitrogens with one attached hydrogen (secondary N) is 1. The Morgan fingerprint density at radius 1 is 1.29 bits per heavy atom. The van der Waals surface area contributed by atoms with Crippen molar-refractivity contribution in [3.8, 4) is 11.5 Å². The zero-order valence-corrected chi connectivity index (χ0v) is 12.8. The summed E-state index contributed by atoms with van der Waals surface area (Å²) in [6, 6.07) is 11.1. The molecule has 0 aliphatic rings. The van der Waals surface area contributed by atoms with Gasteiger partial charge in [0.15, 0.2) is 6.61 Å². The molecule has 0 radical (unpaired) electrons. The van der Waals surface area contributed by atoms with Crippen LogP contribution in [0.2, 0.25) is 0 Å². The van der Waals surface area contributed by atoms with Gasteiger partial charge in [0.1, 0.15) is 17.3 Å². The average molecular weight is 354 g/mol. The SMILES string of the molecule is COc1ccc(OCC(=O)Nc2ccccc2F)c(Br)c1. The number of rotatable bonds is 5. The van der Waals surface area contributed by atoms with E-state index in [1.54, 1.807) is 37.4 Å². The number of benzene rings is 2. The third-order valence-corrected chi connectivity index (χ3v) is 3.27. The minimum atomic E-state index is -0.489. The van der Waals surface area contributed by atoms with Gasteiger partial charge in [0.2, 0.25) is 0 Å². The van der Waals surface area contributed by atoms with E-state index in [1.807, 2.05) is 0 Å². The summed E-state index contributed by atoms with van der Waals surface area (Å²) in [6.45, 7) is -0.223. The van der Waals surface area contributed by atoms with Gasteiger partial charge in [-0.2, -0.15) is 0 Å². The van der Waals surface area contributed by atoms with E-state index in [9.17, 15) is 9.18 Å². The van der Waals surface area contributed by atoms with Crippen molar-refractivity contribution in [2.75, 3.05) is 19.0 Å². The fourth-order valence-corrected chi connectivity index (χ4v) is 2.09. The Kier molecular flexibility index (Phi) is 5.16. The van der Waals surface area contributed by atoms with Gasteiger partial charge in [0.25, 0.3) is 5.91 Å². The molecular formula is C15H13BrFNO3. The molecule has 1 amide bonds. The van der Waals surface area contributed by atoms with Crippen LogP contribution in [0.3, 0.4) is 0 Å². The second-order valence-corrected chi connectivity index (χ2v) is 4.97. The standard InChI is InChI=1S/C15H13BrFNO3/c1-20-10-6-7-14(11(16)8-10)21-9-15(19)18-13-5-3-2-4-12(13)17/h2-8H,9H2,1H3,(H,18,19). The smallest absolute Gasteiger partial charge is 0.262 e. The first-order valence-corrected chi connectivity index (χ1v) is 6.90. The average Bonchev–Trinajstić information content (AvgIpc) is 2.48. The number of amides is 1. The van der Waals surface area contributed by atoms with E-state index in [1.165, 1.54) is 12.1 Å². The lowest BCUT2D eigenvalue weighted by molar-refractivity contribution is -0.118. The molecule has 0 saturated heterocycles. The monoisotopic (exact) mass is 353 g/mol. The lowest BCUT2D eigenvalue weighted by atomic mass is 10.3. The number of para-hydroxylation sites is 1. The first-order chi connectivity index (χ1) is 10.1. The zero-order valence-electron chi connectivity index (χ0n) is 11.2. The minimum absolute atomic E-state index is 0.125. The maximum Gasteiger partial charge on any atom is 0.262 e. The molecule has 0 aromatic heterocycles. The molecule has 2 aromatic rings. The van der Waals surface area contributed by atoms with Crippen molar-refractivity contribution in [3.05, 3.63) is 52.8 Å². The molecule has 0 aliphatic heterocycles. The molecule has 0 unspecified atom stereocenters. The van der Waals surface area contributed by atoms with Gasteiger partial charge in [0, 0.05) is 0 Å². The molecule has 110 valence electrons. The Labute approximate surface area is 130 Å². The van der Waals surface area contributed by atoms with Crippen molar-refractivity contribution >= 4 is 27.5 Å². The Hall–Kier alpha value is -2.08. The number of ether oxygens (including phenoxy) is 2. The Balaban J connectivity index is 1.94. The summed E-state index contributed by atoms with van der Waals surface area (Å²) < 4.78 is 24.5. The summed E-state index contributed by atoms with van der Waals surface area (Å²) in [7, 11) is 1.56. The third kappa shape index (κ3) is 4.19. The second kappa shape index (κ2) is 7.08. The molecule has 1 N–H and O–H groups in total. The zero-order chi connectivity index (χ0) is 15.2. The van der Waals surface area contributed by atoms with Gasteiger partial charge in [-0.05, 0) is 46.3 Å². The van der Waals surface area contributed by atoms with Crippen molar-refractivity contribution in [1.29, 1.82) is 0 Å². The number of hydrogen-bond acceptors (Lipinski definition) is 3. The van der Waals surface area contributed by atoms with Crippen LogP contribution in [0.25, 0.3) is 0 Å². The van der Waals surface area contributed by atoms with Crippen LogP contribution in [-0.4, -0.2) is 19.6 Å². The van der Waals surface area contributed by atoms with Crippen molar-refractivity contribution in [2.24, 2.45) is 0 Å². The van der Waals surface area contributed by atoms with Crippen LogP contribution in [-0.2, 0) is 4.79 Å². The first-order valence-electron chi connectivity index (χ1n) is 6.11. The molecule has 6 heteroatoms. The highest BCUT2D eigenvalue weighted by molar-refractivity contribution is 9.10. The van der Waals surface area contributed by atoms with Gasteiger partial charge in [-0.15, -0.1) is 0 Å². The predicted octanol–water partition coefficient (Wildman–Crippen LogP) is 3.61. The molecular weight excluding hydrogens is 341 g/mol. The molecule has 4 nitrogen and oxygen atoms in total. The lowest BCUT2D eigenvalue weighted by Gasteiger charge is -2.10. The molecule has 0 fully saturated rings. The predicted molar refractivity (Wildman–Crippen MR) is 81.2 cm³/mol. The molecule has 0 atom stereocenters.